The standard InChI is InChI=1S/C18H18N5S/c1-13-14(2)24-18(19-13)23-21-17(15-9-5-3-6-10-15)20-22(23)16-11-7-4-8-12-16/h3-12,17,21H,1-2H3/q+1. The Morgan fingerprint density at radius 2 is 1.67 bits per heavy atom. The number of para-hydroxylation sites is 1. The third-order valence-electron chi connectivity index (χ3n) is 3.96. The maximum atomic E-state index is 4.84. The Hall–Kier alpha value is -2.57. The van der Waals surface area contributed by atoms with Crippen LogP contribution in [0.3, 0.4) is 0 Å². The van der Waals surface area contributed by atoms with Crippen molar-refractivity contribution in [3.8, 4) is 0 Å². The zero-order valence-electron chi connectivity index (χ0n) is 13.5. The number of aryl methyl sites for hydroxylation is 2. The fraction of sp³-hybridized carbons (Fsp3) is 0.167. The Bertz CT molecular complexity index is 853. The number of thiazole rings is 1. The third-order valence-corrected chi connectivity index (χ3v) is 5.01. The van der Waals surface area contributed by atoms with Crippen molar-refractivity contribution >= 4 is 22.2 Å². The minimum atomic E-state index is -0.143. The first-order chi connectivity index (χ1) is 11.7. The summed E-state index contributed by atoms with van der Waals surface area (Å²) in [6, 6.07) is 20.3. The summed E-state index contributed by atoms with van der Waals surface area (Å²) in [5.74, 6) is 0. The summed E-state index contributed by atoms with van der Waals surface area (Å²) in [5.41, 5.74) is 6.61. The Balaban J connectivity index is 1.77. The maximum Gasteiger partial charge on any atom is 0.267 e. The van der Waals surface area contributed by atoms with Crippen LogP contribution in [0.2, 0.25) is 0 Å². The van der Waals surface area contributed by atoms with Crippen LogP contribution in [0.1, 0.15) is 22.3 Å². The lowest BCUT2D eigenvalue weighted by Crippen LogP contribution is -2.38. The highest BCUT2D eigenvalue weighted by atomic mass is 32.1. The number of benzene rings is 2. The molecule has 1 aromatic heterocycles. The lowest BCUT2D eigenvalue weighted by molar-refractivity contribution is -0.517. The quantitative estimate of drug-likeness (QED) is 0.717. The second kappa shape index (κ2) is 6.14. The van der Waals surface area contributed by atoms with Crippen LogP contribution in [0.5, 0.6) is 0 Å². The van der Waals surface area contributed by atoms with Gasteiger partial charge in [0, 0.05) is 22.1 Å². The Labute approximate surface area is 144 Å². The van der Waals surface area contributed by atoms with E-state index in [1.165, 1.54) is 4.88 Å². The van der Waals surface area contributed by atoms with Gasteiger partial charge in [0.15, 0.2) is 0 Å². The van der Waals surface area contributed by atoms with Crippen molar-refractivity contribution in [3.63, 3.8) is 0 Å². The molecule has 1 atom stereocenters. The van der Waals surface area contributed by atoms with Crippen LogP contribution < -0.4 is 10.5 Å². The van der Waals surface area contributed by atoms with Gasteiger partial charge in [0.1, 0.15) is 0 Å². The summed E-state index contributed by atoms with van der Waals surface area (Å²) in [6.45, 7) is 4.12. The molecule has 0 aliphatic carbocycles. The lowest BCUT2D eigenvalue weighted by Gasteiger charge is -2.10. The van der Waals surface area contributed by atoms with E-state index in [0.29, 0.717) is 0 Å². The summed E-state index contributed by atoms with van der Waals surface area (Å²) in [7, 11) is 0. The number of hydrazine groups is 2. The molecule has 0 saturated carbocycles. The summed E-state index contributed by atoms with van der Waals surface area (Å²) in [6.07, 6.45) is -0.143. The van der Waals surface area contributed by atoms with Crippen molar-refractivity contribution in [2.45, 2.75) is 20.0 Å². The van der Waals surface area contributed by atoms with Gasteiger partial charge in [0.2, 0.25) is 6.17 Å². The van der Waals surface area contributed by atoms with E-state index in [-0.39, 0.29) is 6.17 Å². The van der Waals surface area contributed by atoms with Gasteiger partial charge >= 0.3 is 0 Å². The minimum Gasteiger partial charge on any atom is -0.219 e. The molecule has 0 spiro atoms. The number of azo groups is 1. The van der Waals surface area contributed by atoms with Crippen LogP contribution >= 0.6 is 11.3 Å². The molecule has 6 heteroatoms. The number of nitrogens with one attached hydrogen (secondary N) is 1. The van der Waals surface area contributed by atoms with Crippen LogP contribution in [0, 0.1) is 13.8 Å². The monoisotopic (exact) mass is 336 g/mol. The molecule has 1 N–H and O–H groups in total. The second-order valence-electron chi connectivity index (χ2n) is 5.63. The van der Waals surface area contributed by atoms with Gasteiger partial charge in [0.25, 0.3) is 10.8 Å². The average molecular weight is 336 g/mol. The Morgan fingerprint density at radius 1 is 1.00 bits per heavy atom. The molecule has 0 radical (unpaired) electrons. The molecule has 0 bridgehead atoms. The van der Waals surface area contributed by atoms with Crippen LogP contribution in [-0.2, 0) is 0 Å². The highest BCUT2D eigenvalue weighted by Gasteiger charge is 2.38. The summed E-state index contributed by atoms with van der Waals surface area (Å²) in [5, 5.41) is 7.65. The van der Waals surface area contributed by atoms with Crippen molar-refractivity contribution in [3.05, 3.63) is 76.8 Å². The first kappa shape index (κ1) is 15.0. The molecule has 2 heterocycles. The normalized spacial score (nSPS) is 17.2. The van der Waals surface area contributed by atoms with Gasteiger partial charge in [-0.25, -0.2) is 4.98 Å². The van der Waals surface area contributed by atoms with Crippen molar-refractivity contribution < 1.29 is 4.81 Å². The van der Waals surface area contributed by atoms with Crippen molar-refractivity contribution in [2.75, 3.05) is 5.12 Å². The number of hydrogen-bond donors (Lipinski definition) is 1. The van der Waals surface area contributed by atoms with E-state index >= 15 is 0 Å². The molecule has 5 nitrogen and oxygen atoms in total. The maximum absolute atomic E-state index is 4.84. The number of hydrogen-bond acceptors (Lipinski definition) is 5. The summed E-state index contributed by atoms with van der Waals surface area (Å²) >= 11 is 1.66. The number of anilines is 1. The number of nitrogens with zero attached hydrogens (tertiary/aromatic N) is 4. The zero-order chi connectivity index (χ0) is 16.5. The Kier molecular flexibility index (Phi) is 3.84. The molecule has 2 aromatic carbocycles. The Morgan fingerprint density at radius 3 is 2.29 bits per heavy atom. The molecule has 1 aliphatic heterocycles. The van der Waals surface area contributed by atoms with E-state index in [4.69, 9.17) is 5.11 Å². The van der Waals surface area contributed by atoms with Gasteiger partial charge in [-0.1, -0.05) is 59.9 Å². The van der Waals surface area contributed by atoms with Crippen LogP contribution in [-0.4, -0.2) is 9.79 Å². The summed E-state index contributed by atoms with van der Waals surface area (Å²) < 4.78 is 0. The third kappa shape index (κ3) is 2.70. The first-order valence-electron chi connectivity index (χ1n) is 7.83. The molecular weight excluding hydrogens is 318 g/mol. The van der Waals surface area contributed by atoms with E-state index in [9.17, 15) is 0 Å². The average Bonchev–Trinajstić information content (AvgIpc) is 3.21. The molecule has 0 saturated heterocycles. The van der Waals surface area contributed by atoms with Gasteiger partial charge in [-0.15, -0.1) is 5.43 Å². The van der Waals surface area contributed by atoms with Crippen LogP contribution in [0.15, 0.2) is 65.8 Å². The molecule has 120 valence electrons. The zero-order valence-corrected chi connectivity index (χ0v) is 14.4. The van der Waals surface area contributed by atoms with Gasteiger partial charge in [-0.2, -0.15) is 0 Å². The van der Waals surface area contributed by atoms with E-state index in [1.807, 2.05) is 65.4 Å². The highest BCUT2D eigenvalue weighted by Crippen LogP contribution is 2.32. The van der Waals surface area contributed by atoms with E-state index in [2.05, 4.69) is 29.5 Å². The van der Waals surface area contributed by atoms with Crippen LogP contribution in [0.4, 0.5) is 10.8 Å². The fourth-order valence-electron chi connectivity index (χ4n) is 2.56. The van der Waals surface area contributed by atoms with Gasteiger partial charge in [0.05, 0.1) is 10.5 Å². The highest BCUT2D eigenvalue weighted by molar-refractivity contribution is 7.15. The predicted octanol–water partition coefficient (Wildman–Crippen LogP) is 4.49. The molecule has 1 aliphatic rings. The van der Waals surface area contributed by atoms with Gasteiger partial charge in [-0.3, -0.25) is 0 Å². The molecule has 24 heavy (non-hydrogen) atoms. The topological polar surface area (TPSA) is 43.5 Å². The lowest BCUT2D eigenvalue weighted by atomic mass is 10.2. The fourth-order valence-corrected chi connectivity index (χ4v) is 3.43. The first-order valence-corrected chi connectivity index (χ1v) is 8.65. The van der Waals surface area contributed by atoms with E-state index in [0.717, 1.165) is 22.1 Å². The summed E-state index contributed by atoms with van der Waals surface area (Å²) in [4.78, 5) is 7.77. The van der Waals surface area contributed by atoms with Crippen molar-refractivity contribution in [1.29, 1.82) is 0 Å². The SMILES string of the molecule is Cc1nc(N2NC(c3ccccc3)N=[N+]2c2ccccc2)sc1C. The van der Waals surface area contributed by atoms with Gasteiger partial charge < -0.3 is 0 Å². The van der Waals surface area contributed by atoms with E-state index < -0.39 is 0 Å². The molecule has 3 aromatic rings. The van der Waals surface area contributed by atoms with Crippen molar-refractivity contribution in [1.82, 2.24) is 10.4 Å². The molecular formula is C18H18N5S+. The predicted molar refractivity (Wildman–Crippen MR) is 95.2 cm³/mol. The largest absolute Gasteiger partial charge is 0.267 e. The molecule has 0 amide bonds. The smallest absolute Gasteiger partial charge is 0.219 e. The van der Waals surface area contributed by atoms with E-state index in [1.54, 1.807) is 11.3 Å². The van der Waals surface area contributed by atoms with Gasteiger partial charge in [-0.05, 0) is 24.5 Å². The minimum absolute atomic E-state index is 0.143. The molecule has 0 fully saturated rings. The molecule has 4 rings (SSSR count). The number of aromatic nitrogens is 1. The second-order valence-corrected chi connectivity index (χ2v) is 6.81. The van der Waals surface area contributed by atoms with Crippen molar-refractivity contribution in [2.24, 2.45) is 5.11 Å². The molecule has 1 unspecified atom stereocenters. The number of rotatable bonds is 3. The van der Waals surface area contributed by atoms with Crippen LogP contribution in [0.25, 0.3) is 0 Å².